The molecule has 2 unspecified atom stereocenters. The summed E-state index contributed by atoms with van der Waals surface area (Å²) in [7, 11) is 3.90. The third-order valence-electron chi connectivity index (χ3n) is 4.00. The molecule has 0 fully saturated rings. The highest BCUT2D eigenvalue weighted by Gasteiger charge is 2.16. The van der Waals surface area contributed by atoms with Gasteiger partial charge in [0.25, 0.3) is 0 Å². The molecule has 0 saturated carbocycles. The number of nitrogens with one attached hydrogen (secondary N) is 1. The van der Waals surface area contributed by atoms with Crippen molar-refractivity contribution in [3.63, 3.8) is 0 Å². The fourth-order valence-corrected chi connectivity index (χ4v) is 2.27. The van der Waals surface area contributed by atoms with Crippen LogP contribution in [0.1, 0.15) is 32.8 Å². The second-order valence-electron chi connectivity index (χ2n) is 5.69. The average molecular weight is 278 g/mol. The summed E-state index contributed by atoms with van der Waals surface area (Å²) in [4.78, 5) is 2.42. The number of nitrogens with zero attached hydrogens (tertiary/aromatic N) is 1. The molecular weight excluding hydrogens is 248 g/mol. The van der Waals surface area contributed by atoms with Crippen molar-refractivity contribution in [3.05, 3.63) is 29.8 Å². The summed E-state index contributed by atoms with van der Waals surface area (Å²) in [5.74, 6) is 1.56. The van der Waals surface area contributed by atoms with E-state index < -0.39 is 0 Å². The van der Waals surface area contributed by atoms with E-state index in [4.69, 9.17) is 4.74 Å². The monoisotopic (exact) mass is 278 g/mol. The van der Waals surface area contributed by atoms with Gasteiger partial charge in [0.2, 0.25) is 0 Å². The summed E-state index contributed by atoms with van der Waals surface area (Å²) in [5.41, 5.74) is 1.33. The van der Waals surface area contributed by atoms with Crippen LogP contribution in [-0.4, -0.2) is 38.2 Å². The highest BCUT2D eigenvalue weighted by Crippen LogP contribution is 2.15. The van der Waals surface area contributed by atoms with Crippen LogP contribution in [0.3, 0.4) is 0 Å². The molecular formula is C17H30N2O. The fraction of sp³-hybridized carbons (Fsp3) is 0.647. The molecule has 3 nitrogen and oxygen atoms in total. The van der Waals surface area contributed by atoms with Gasteiger partial charge in [0.1, 0.15) is 5.75 Å². The van der Waals surface area contributed by atoms with Crippen molar-refractivity contribution >= 4 is 0 Å². The molecule has 0 radical (unpaired) electrons. The van der Waals surface area contributed by atoms with E-state index in [-0.39, 0.29) is 0 Å². The molecule has 1 N–H and O–H groups in total. The molecule has 0 spiro atoms. The maximum atomic E-state index is 5.19. The lowest BCUT2D eigenvalue weighted by Gasteiger charge is -2.30. The second-order valence-corrected chi connectivity index (χ2v) is 5.69. The maximum Gasteiger partial charge on any atom is 0.118 e. The standard InChI is InChI=1S/C17H30N2O/c1-6-11-18-12-14(2)15(3)19(4)13-16-7-9-17(20-5)10-8-16/h7-10,14-15,18H,6,11-13H2,1-5H3. The molecule has 20 heavy (non-hydrogen) atoms. The molecule has 2 atom stereocenters. The van der Waals surface area contributed by atoms with E-state index in [9.17, 15) is 0 Å². The van der Waals surface area contributed by atoms with Crippen molar-refractivity contribution in [1.29, 1.82) is 0 Å². The molecule has 0 saturated heterocycles. The Morgan fingerprint density at radius 1 is 1.20 bits per heavy atom. The SMILES string of the molecule is CCCNCC(C)C(C)N(C)Cc1ccc(OC)cc1. The highest BCUT2D eigenvalue weighted by atomic mass is 16.5. The Bertz CT molecular complexity index is 364. The summed E-state index contributed by atoms with van der Waals surface area (Å²) in [5, 5.41) is 3.51. The molecule has 1 aromatic rings. The largest absolute Gasteiger partial charge is 0.497 e. The van der Waals surface area contributed by atoms with Crippen LogP contribution in [-0.2, 0) is 6.54 Å². The van der Waals surface area contributed by atoms with Crippen LogP contribution in [0.2, 0.25) is 0 Å². The number of hydrogen-bond donors (Lipinski definition) is 1. The zero-order valence-corrected chi connectivity index (χ0v) is 13.6. The number of hydrogen-bond acceptors (Lipinski definition) is 3. The van der Waals surface area contributed by atoms with Crippen LogP contribution >= 0.6 is 0 Å². The lowest BCUT2D eigenvalue weighted by atomic mass is 10.0. The number of ether oxygens (including phenoxy) is 1. The van der Waals surface area contributed by atoms with Crippen LogP contribution in [0.25, 0.3) is 0 Å². The molecule has 0 aliphatic heterocycles. The normalized spacial score (nSPS) is 14.3. The molecule has 0 aromatic heterocycles. The van der Waals surface area contributed by atoms with Gasteiger partial charge in [-0.1, -0.05) is 26.0 Å². The van der Waals surface area contributed by atoms with Gasteiger partial charge in [-0.25, -0.2) is 0 Å². The number of rotatable bonds is 9. The van der Waals surface area contributed by atoms with E-state index in [1.807, 2.05) is 12.1 Å². The molecule has 0 bridgehead atoms. The Hall–Kier alpha value is -1.06. The van der Waals surface area contributed by atoms with Crippen LogP contribution < -0.4 is 10.1 Å². The fourth-order valence-electron chi connectivity index (χ4n) is 2.27. The lowest BCUT2D eigenvalue weighted by molar-refractivity contribution is 0.188. The van der Waals surface area contributed by atoms with Gasteiger partial charge in [0, 0.05) is 12.6 Å². The predicted octanol–water partition coefficient (Wildman–Crippen LogP) is 3.15. The van der Waals surface area contributed by atoms with Crippen LogP contribution in [0.4, 0.5) is 0 Å². The van der Waals surface area contributed by atoms with Gasteiger partial charge >= 0.3 is 0 Å². The molecule has 3 heteroatoms. The van der Waals surface area contributed by atoms with Crippen molar-refractivity contribution in [1.82, 2.24) is 10.2 Å². The predicted molar refractivity (Wildman–Crippen MR) is 86.2 cm³/mol. The zero-order valence-electron chi connectivity index (χ0n) is 13.6. The van der Waals surface area contributed by atoms with Crippen LogP contribution in [0, 0.1) is 5.92 Å². The quantitative estimate of drug-likeness (QED) is 0.702. The summed E-state index contributed by atoms with van der Waals surface area (Å²) in [6.07, 6.45) is 1.20. The summed E-state index contributed by atoms with van der Waals surface area (Å²) < 4.78 is 5.19. The third kappa shape index (κ3) is 5.51. The van der Waals surface area contributed by atoms with Crippen molar-refractivity contribution in [2.45, 2.75) is 39.8 Å². The molecule has 1 aromatic carbocycles. The molecule has 0 heterocycles. The highest BCUT2D eigenvalue weighted by molar-refractivity contribution is 5.27. The first-order valence-corrected chi connectivity index (χ1v) is 7.62. The van der Waals surface area contributed by atoms with E-state index in [0.29, 0.717) is 12.0 Å². The first-order chi connectivity index (χ1) is 9.58. The van der Waals surface area contributed by atoms with Gasteiger partial charge in [-0.2, -0.15) is 0 Å². The minimum atomic E-state index is 0.557. The van der Waals surface area contributed by atoms with Crippen LogP contribution in [0.15, 0.2) is 24.3 Å². The van der Waals surface area contributed by atoms with Gasteiger partial charge in [-0.3, -0.25) is 4.90 Å². The van der Waals surface area contributed by atoms with Crippen molar-refractivity contribution in [2.75, 3.05) is 27.2 Å². The summed E-state index contributed by atoms with van der Waals surface area (Å²) >= 11 is 0. The summed E-state index contributed by atoms with van der Waals surface area (Å²) in [6.45, 7) is 10.0. The van der Waals surface area contributed by atoms with Gasteiger partial charge in [0.15, 0.2) is 0 Å². The second kappa shape index (κ2) is 8.98. The third-order valence-corrected chi connectivity index (χ3v) is 4.00. The van der Waals surface area contributed by atoms with Crippen molar-refractivity contribution < 1.29 is 4.74 Å². The van der Waals surface area contributed by atoms with Crippen molar-refractivity contribution in [3.8, 4) is 5.75 Å². The minimum Gasteiger partial charge on any atom is -0.497 e. The smallest absolute Gasteiger partial charge is 0.118 e. The Morgan fingerprint density at radius 2 is 1.85 bits per heavy atom. The first-order valence-electron chi connectivity index (χ1n) is 7.62. The van der Waals surface area contributed by atoms with Crippen LogP contribution in [0.5, 0.6) is 5.75 Å². The zero-order chi connectivity index (χ0) is 15.0. The van der Waals surface area contributed by atoms with E-state index in [1.54, 1.807) is 7.11 Å². The molecule has 0 amide bonds. The number of benzene rings is 1. The Morgan fingerprint density at radius 3 is 2.40 bits per heavy atom. The van der Waals surface area contributed by atoms with E-state index in [2.05, 4.69) is 50.2 Å². The van der Waals surface area contributed by atoms with E-state index >= 15 is 0 Å². The van der Waals surface area contributed by atoms with Gasteiger partial charge in [-0.05, 0) is 57.1 Å². The maximum absolute atomic E-state index is 5.19. The topological polar surface area (TPSA) is 24.5 Å². The molecule has 1 rings (SSSR count). The Labute approximate surface area is 124 Å². The Balaban J connectivity index is 2.45. The summed E-state index contributed by atoms with van der Waals surface area (Å²) in [6, 6.07) is 8.89. The molecule has 114 valence electrons. The first kappa shape index (κ1) is 17.0. The molecule has 0 aliphatic rings. The Kier molecular flexibility index (Phi) is 7.63. The van der Waals surface area contributed by atoms with E-state index in [0.717, 1.165) is 25.4 Å². The number of methoxy groups -OCH3 is 1. The average Bonchev–Trinajstić information content (AvgIpc) is 2.47. The molecule has 0 aliphatic carbocycles. The van der Waals surface area contributed by atoms with Gasteiger partial charge < -0.3 is 10.1 Å². The lowest BCUT2D eigenvalue weighted by Crippen LogP contribution is -2.38. The van der Waals surface area contributed by atoms with Gasteiger partial charge in [-0.15, -0.1) is 0 Å². The van der Waals surface area contributed by atoms with E-state index in [1.165, 1.54) is 12.0 Å². The minimum absolute atomic E-state index is 0.557. The van der Waals surface area contributed by atoms with Crippen molar-refractivity contribution in [2.24, 2.45) is 5.92 Å². The van der Waals surface area contributed by atoms with Gasteiger partial charge in [0.05, 0.1) is 7.11 Å².